The van der Waals surface area contributed by atoms with Crippen molar-refractivity contribution in [3.05, 3.63) is 29.3 Å². The number of carbonyl (C=O) groups excluding carboxylic acids is 2. The van der Waals surface area contributed by atoms with Crippen molar-refractivity contribution in [1.29, 1.82) is 0 Å². The van der Waals surface area contributed by atoms with Crippen molar-refractivity contribution >= 4 is 17.5 Å². The highest BCUT2D eigenvalue weighted by molar-refractivity contribution is 6.01. The summed E-state index contributed by atoms with van der Waals surface area (Å²) >= 11 is 0. The monoisotopic (exact) mass is 290 g/mol. The van der Waals surface area contributed by atoms with Crippen molar-refractivity contribution < 1.29 is 27.2 Å². The van der Waals surface area contributed by atoms with E-state index in [4.69, 9.17) is 0 Å². The molecule has 8 heteroatoms. The summed E-state index contributed by atoms with van der Waals surface area (Å²) in [5.41, 5.74) is -1.11. The van der Waals surface area contributed by atoms with Gasteiger partial charge in [0, 0.05) is 19.0 Å². The fourth-order valence-corrected chi connectivity index (χ4v) is 1.95. The van der Waals surface area contributed by atoms with E-state index >= 15 is 0 Å². The highest BCUT2D eigenvalue weighted by atomic mass is 19.2. The van der Waals surface area contributed by atoms with E-state index in [-0.39, 0.29) is 19.0 Å². The first kappa shape index (κ1) is 14.3. The maximum Gasteiger partial charge on any atom is 0.249 e. The Hall–Kier alpha value is -2.12. The maximum atomic E-state index is 13.7. The van der Waals surface area contributed by atoms with Crippen LogP contribution in [0.15, 0.2) is 6.07 Å². The molecule has 0 aliphatic carbocycles. The molecule has 2 rings (SSSR count). The Morgan fingerprint density at radius 1 is 1.15 bits per heavy atom. The van der Waals surface area contributed by atoms with Crippen molar-refractivity contribution in [2.45, 2.75) is 19.4 Å². The van der Waals surface area contributed by atoms with E-state index in [1.165, 1.54) is 6.92 Å². The van der Waals surface area contributed by atoms with Gasteiger partial charge in [-0.25, -0.2) is 17.6 Å². The van der Waals surface area contributed by atoms with Crippen molar-refractivity contribution in [2.24, 2.45) is 0 Å². The van der Waals surface area contributed by atoms with E-state index in [0.29, 0.717) is 4.90 Å². The third kappa shape index (κ3) is 2.33. The molecule has 0 bridgehead atoms. The van der Waals surface area contributed by atoms with E-state index < -0.39 is 46.8 Å². The van der Waals surface area contributed by atoms with Gasteiger partial charge >= 0.3 is 0 Å². The highest BCUT2D eigenvalue weighted by Crippen LogP contribution is 2.29. The maximum absolute atomic E-state index is 13.7. The molecule has 0 aromatic heterocycles. The minimum absolute atomic E-state index is 0.0588. The summed E-state index contributed by atoms with van der Waals surface area (Å²) in [6.07, 6.45) is -0.229. The van der Waals surface area contributed by atoms with Gasteiger partial charge in [0.05, 0.1) is 0 Å². The lowest BCUT2D eigenvalue weighted by Crippen LogP contribution is -2.43. The van der Waals surface area contributed by atoms with Crippen LogP contribution in [0.4, 0.5) is 23.2 Å². The molecular weight excluding hydrogens is 280 g/mol. The zero-order chi connectivity index (χ0) is 15.0. The molecule has 0 saturated carbocycles. The van der Waals surface area contributed by atoms with Gasteiger partial charge in [-0.15, -0.1) is 0 Å². The van der Waals surface area contributed by atoms with Crippen LogP contribution in [0.3, 0.4) is 0 Å². The predicted octanol–water partition coefficient (Wildman–Crippen LogP) is 1.48. The molecular formula is C12H10F4N2O2. The average Bonchev–Trinajstić information content (AvgIpc) is 2.50. The minimum Gasteiger partial charge on any atom is -0.345 e. The largest absolute Gasteiger partial charge is 0.345 e. The molecule has 0 radical (unpaired) electrons. The van der Waals surface area contributed by atoms with E-state index in [1.54, 1.807) is 0 Å². The first-order valence-electron chi connectivity index (χ1n) is 5.76. The zero-order valence-corrected chi connectivity index (χ0v) is 10.3. The SMILES string of the molecule is CC1NC(=O)CCN(c2c(F)c(F)cc(F)c2F)C1=O. The Balaban J connectivity index is 2.55. The topological polar surface area (TPSA) is 49.4 Å². The number of amides is 2. The summed E-state index contributed by atoms with van der Waals surface area (Å²) in [6.45, 7) is 0.940. The molecule has 1 N–H and O–H groups in total. The average molecular weight is 290 g/mol. The van der Waals surface area contributed by atoms with E-state index in [1.807, 2.05) is 0 Å². The molecule has 1 aliphatic heterocycles. The molecule has 1 heterocycles. The molecule has 1 aromatic carbocycles. The van der Waals surface area contributed by atoms with Crippen molar-refractivity contribution in [1.82, 2.24) is 5.32 Å². The first-order chi connectivity index (χ1) is 9.32. The van der Waals surface area contributed by atoms with Crippen LogP contribution in [0, 0.1) is 23.3 Å². The summed E-state index contributed by atoms with van der Waals surface area (Å²) in [5, 5.41) is 2.30. The fraction of sp³-hybridized carbons (Fsp3) is 0.333. The number of carbonyl (C=O) groups is 2. The molecule has 1 fully saturated rings. The highest BCUT2D eigenvalue weighted by Gasteiger charge is 2.33. The molecule has 1 unspecified atom stereocenters. The molecule has 4 nitrogen and oxygen atoms in total. The van der Waals surface area contributed by atoms with E-state index in [2.05, 4.69) is 5.32 Å². The third-order valence-corrected chi connectivity index (χ3v) is 2.93. The number of rotatable bonds is 1. The second-order valence-corrected chi connectivity index (χ2v) is 4.35. The van der Waals surface area contributed by atoms with Crippen LogP contribution >= 0.6 is 0 Å². The summed E-state index contributed by atoms with van der Waals surface area (Å²) in [6, 6.07) is -0.987. The number of hydrogen-bond donors (Lipinski definition) is 1. The number of nitrogens with zero attached hydrogens (tertiary/aromatic N) is 1. The Morgan fingerprint density at radius 2 is 1.70 bits per heavy atom. The lowest BCUT2D eigenvalue weighted by Gasteiger charge is -2.23. The summed E-state index contributed by atoms with van der Waals surface area (Å²) in [4.78, 5) is 23.8. The predicted molar refractivity (Wildman–Crippen MR) is 60.8 cm³/mol. The Labute approximate surface area is 111 Å². The van der Waals surface area contributed by atoms with Gasteiger partial charge in [0.1, 0.15) is 11.7 Å². The van der Waals surface area contributed by atoms with Gasteiger partial charge in [-0.2, -0.15) is 0 Å². The normalized spacial score (nSPS) is 19.9. The van der Waals surface area contributed by atoms with Gasteiger partial charge in [-0.3, -0.25) is 9.59 Å². The van der Waals surface area contributed by atoms with Gasteiger partial charge < -0.3 is 10.2 Å². The lowest BCUT2D eigenvalue weighted by atomic mass is 10.2. The molecule has 1 aliphatic rings. The number of hydrogen-bond acceptors (Lipinski definition) is 2. The molecule has 0 spiro atoms. The van der Waals surface area contributed by atoms with Gasteiger partial charge in [-0.05, 0) is 6.92 Å². The Kier molecular flexibility index (Phi) is 3.65. The number of halogens is 4. The molecule has 20 heavy (non-hydrogen) atoms. The van der Waals surface area contributed by atoms with Crippen LogP contribution in [0.5, 0.6) is 0 Å². The molecule has 108 valence electrons. The number of benzene rings is 1. The van der Waals surface area contributed by atoms with Crippen molar-refractivity contribution in [3.63, 3.8) is 0 Å². The van der Waals surface area contributed by atoms with Crippen LogP contribution in [0.2, 0.25) is 0 Å². The summed E-state index contributed by atoms with van der Waals surface area (Å²) in [7, 11) is 0. The van der Waals surface area contributed by atoms with E-state index in [9.17, 15) is 27.2 Å². The minimum atomic E-state index is -1.67. The molecule has 1 saturated heterocycles. The van der Waals surface area contributed by atoms with Crippen LogP contribution in [0.25, 0.3) is 0 Å². The van der Waals surface area contributed by atoms with E-state index in [0.717, 1.165) is 0 Å². The fourth-order valence-electron chi connectivity index (χ4n) is 1.95. The second-order valence-electron chi connectivity index (χ2n) is 4.35. The summed E-state index contributed by atoms with van der Waals surface area (Å²) in [5.74, 6) is -7.90. The van der Waals surface area contributed by atoms with Gasteiger partial charge in [0.2, 0.25) is 11.8 Å². The smallest absolute Gasteiger partial charge is 0.249 e. The van der Waals surface area contributed by atoms with Crippen molar-refractivity contribution in [2.75, 3.05) is 11.4 Å². The van der Waals surface area contributed by atoms with Crippen LogP contribution in [0.1, 0.15) is 13.3 Å². The number of anilines is 1. The van der Waals surface area contributed by atoms with Gasteiger partial charge in [0.25, 0.3) is 0 Å². The third-order valence-electron chi connectivity index (χ3n) is 2.93. The van der Waals surface area contributed by atoms with Crippen LogP contribution in [-0.2, 0) is 9.59 Å². The van der Waals surface area contributed by atoms with Crippen LogP contribution < -0.4 is 10.2 Å². The first-order valence-corrected chi connectivity index (χ1v) is 5.76. The van der Waals surface area contributed by atoms with Gasteiger partial charge in [-0.1, -0.05) is 0 Å². The standard InChI is InChI=1S/C12H10F4N2O2/c1-5-12(20)18(3-2-8(19)17-5)11-9(15)6(13)4-7(14)10(11)16/h4-5H,2-3H2,1H3,(H,17,19). The zero-order valence-electron chi connectivity index (χ0n) is 10.3. The second kappa shape index (κ2) is 5.10. The van der Waals surface area contributed by atoms with Crippen LogP contribution in [-0.4, -0.2) is 24.4 Å². The lowest BCUT2D eigenvalue weighted by molar-refractivity contribution is -0.125. The quantitative estimate of drug-likeness (QED) is 0.629. The van der Waals surface area contributed by atoms with Crippen molar-refractivity contribution in [3.8, 4) is 0 Å². The Morgan fingerprint density at radius 3 is 2.25 bits per heavy atom. The molecule has 1 atom stereocenters. The molecule has 2 amide bonds. The number of nitrogens with one attached hydrogen (secondary N) is 1. The van der Waals surface area contributed by atoms with Gasteiger partial charge in [0.15, 0.2) is 23.3 Å². The summed E-state index contributed by atoms with van der Waals surface area (Å²) < 4.78 is 53.7. The molecule has 1 aromatic rings. The Bertz CT molecular complexity index is 565.